The van der Waals surface area contributed by atoms with Gasteiger partial charge >= 0.3 is 5.97 Å². The Bertz CT molecular complexity index is 1080. The second kappa shape index (κ2) is 47.8. The van der Waals surface area contributed by atoms with Crippen molar-refractivity contribution in [3.05, 3.63) is 23.7 Å². The lowest BCUT2D eigenvalue weighted by atomic mass is 9.93. The van der Waals surface area contributed by atoms with Crippen molar-refractivity contribution in [1.82, 2.24) is 16.0 Å². The van der Waals surface area contributed by atoms with Crippen molar-refractivity contribution < 1.29 is 23.9 Å². The van der Waals surface area contributed by atoms with Gasteiger partial charge in [-0.2, -0.15) is 0 Å². The zero-order chi connectivity index (χ0) is 46.3. The normalized spacial score (nSPS) is 11.8. The highest BCUT2D eigenvalue weighted by molar-refractivity contribution is 5.84. The summed E-state index contributed by atoms with van der Waals surface area (Å²) in [7, 11) is 0. The molecule has 0 aliphatic heterocycles. The number of ether oxygens (including phenoxy) is 2. The maximum Gasteiger partial charge on any atom is 0.308 e. The van der Waals surface area contributed by atoms with Crippen molar-refractivity contribution in [1.29, 1.82) is 0 Å². The smallest absolute Gasteiger partial charge is 0.308 e. The van der Waals surface area contributed by atoms with E-state index < -0.39 is 0 Å². The van der Waals surface area contributed by atoms with Crippen molar-refractivity contribution in [2.75, 3.05) is 32.8 Å². The number of hydrogen-bond donors (Lipinski definition) is 4. The molecule has 0 rings (SSSR count). The second-order valence-electron chi connectivity index (χ2n) is 18.0. The van der Waals surface area contributed by atoms with E-state index >= 15 is 0 Å². The Morgan fingerprint density at radius 3 is 1.37 bits per heavy atom. The maximum atomic E-state index is 12.8. The van der Waals surface area contributed by atoms with Crippen molar-refractivity contribution >= 4 is 17.8 Å². The summed E-state index contributed by atoms with van der Waals surface area (Å²) in [5.41, 5.74) is 6.64. The molecule has 62 heavy (non-hydrogen) atoms. The predicted octanol–water partition coefficient (Wildman–Crippen LogP) is 13.9. The van der Waals surface area contributed by atoms with E-state index in [1.165, 1.54) is 128 Å². The third-order valence-corrected chi connectivity index (χ3v) is 11.7. The van der Waals surface area contributed by atoms with Gasteiger partial charge in [0.05, 0.1) is 37.3 Å². The van der Waals surface area contributed by atoms with E-state index in [0.29, 0.717) is 18.9 Å². The number of allylic oxidation sites excluding steroid dienone is 2. The molecule has 0 radical (unpaired) electrons. The first kappa shape index (κ1) is 61.4. The molecule has 2 unspecified atom stereocenters. The average Bonchev–Trinajstić information content (AvgIpc) is 3.26. The van der Waals surface area contributed by atoms with Crippen LogP contribution in [0.3, 0.4) is 0 Å². The van der Waals surface area contributed by atoms with Gasteiger partial charge in [0.1, 0.15) is 0 Å². The molecule has 0 fully saturated rings. The molecule has 0 saturated heterocycles. The molecule has 2 amide bonds. The summed E-state index contributed by atoms with van der Waals surface area (Å²) >= 11 is 0. The molecule has 0 aromatic heterocycles. The quantitative estimate of drug-likeness (QED) is 0.0272. The first-order valence-electron chi connectivity index (χ1n) is 26.3. The van der Waals surface area contributed by atoms with Crippen LogP contribution in [0.1, 0.15) is 254 Å². The Hall–Kier alpha value is -2.71. The summed E-state index contributed by atoms with van der Waals surface area (Å²) < 4.78 is 11.8. The van der Waals surface area contributed by atoms with Crippen LogP contribution in [0.25, 0.3) is 0 Å². The average molecular weight is 877 g/mol. The molecule has 0 aromatic carbocycles. The van der Waals surface area contributed by atoms with Crippen LogP contribution in [0, 0.1) is 11.8 Å². The molecule has 0 spiro atoms. The Balaban J connectivity index is 0. The molecular weight excluding hydrogens is 773 g/mol. The topological polar surface area (TPSA) is 132 Å². The number of amides is 2. The summed E-state index contributed by atoms with van der Waals surface area (Å²) in [5.74, 6) is 1.85. The standard InChI is InChI=1S/C47H90N2O5.C6H14N2/c1-6-10-14-18-22-28-34-43(33-26-16-12-8-3)42(5)53-39-31-25-21-20-24-30-38-48-46(51)41-49-45(50)37-32-40-54-47(52)44(35-27-17-13-9-4)36-29-23-19-15-11-7-2;1-4-8-6(7)5(2)3/h43-44H,5-41H2,1-4H3,(H,48,51)(H,49,50);8H,4,7H2,1-3H3. The molecular formula is C53H104N4O5. The van der Waals surface area contributed by atoms with Gasteiger partial charge in [0.25, 0.3) is 0 Å². The van der Waals surface area contributed by atoms with Gasteiger partial charge in [-0.1, -0.05) is 188 Å². The van der Waals surface area contributed by atoms with Crippen LogP contribution in [0.4, 0.5) is 0 Å². The third kappa shape index (κ3) is 42.6. The lowest BCUT2D eigenvalue weighted by molar-refractivity contribution is -0.149. The van der Waals surface area contributed by atoms with Crippen molar-refractivity contribution in [2.24, 2.45) is 17.6 Å². The van der Waals surface area contributed by atoms with Gasteiger partial charge in [0.2, 0.25) is 11.8 Å². The van der Waals surface area contributed by atoms with E-state index in [1.54, 1.807) is 0 Å². The van der Waals surface area contributed by atoms with Crippen LogP contribution in [-0.4, -0.2) is 50.6 Å². The molecule has 9 heteroatoms. The van der Waals surface area contributed by atoms with Gasteiger partial charge < -0.3 is 31.2 Å². The largest absolute Gasteiger partial charge is 0.498 e. The van der Waals surface area contributed by atoms with Crippen molar-refractivity contribution in [2.45, 2.75) is 254 Å². The number of carbonyl (C=O) groups excluding carboxylic acids is 3. The summed E-state index contributed by atoms with van der Waals surface area (Å²) in [6, 6.07) is 0. The number of esters is 1. The fourth-order valence-electron chi connectivity index (χ4n) is 7.53. The van der Waals surface area contributed by atoms with E-state index in [1.807, 2.05) is 20.8 Å². The second-order valence-corrected chi connectivity index (χ2v) is 18.0. The van der Waals surface area contributed by atoms with Gasteiger partial charge in [0, 0.05) is 25.4 Å². The van der Waals surface area contributed by atoms with Gasteiger partial charge in [-0.05, 0) is 71.3 Å². The predicted molar refractivity (Wildman–Crippen MR) is 266 cm³/mol. The zero-order valence-corrected chi connectivity index (χ0v) is 42.1. The van der Waals surface area contributed by atoms with E-state index in [2.05, 4.69) is 50.2 Å². The van der Waals surface area contributed by atoms with Gasteiger partial charge in [-0.15, -0.1) is 0 Å². The number of nitrogens with two attached hydrogens (primary N) is 1. The molecule has 0 aliphatic carbocycles. The first-order chi connectivity index (χ1) is 30.1. The molecule has 366 valence electrons. The van der Waals surface area contributed by atoms with E-state index in [4.69, 9.17) is 15.2 Å². The highest BCUT2D eigenvalue weighted by Crippen LogP contribution is 2.26. The van der Waals surface area contributed by atoms with Crippen LogP contribution in [0.5, 0.6) is 0 Å². The summed E-state index contributed by atoms with van der Waals surface area (Å²) in [4.78, 5) is 37.3. The minimum absolute atomic E-state index is 0.0133. The summed E-state index contributed by atoms with van der Waals surface area (Å²) in [5, 5.41) is 8.62. The lowest BCUT2D eigenvalue weighted by Gasteiger charge is -2.20. The van der Waals surface area contributed by atoms with Crippen LogP contribution in [0.15, 0.2) is 23.7 Å². The SMILES string of the molecule is C=C(OCCCCCCCCNC(=O)CNC(=O)CCCOC(=O)C(CCCCCC)CCCCCCCC)C(CCCCCC)CCCCCCCC.CCNC(N)=C(C)C. The molecule has 0 heterocycles. The third-order valence-electron chi connectivity index (χ3n) is 11.7. The number of nitrogens with one attached hydrogen (secondary N) is 3. The molecule has 5 N–H and O–H groups in total. The fraction of sp³-hybridized carbons (Fsp3) is 0.868. The Labute approximate surface area is 384 Å². The first-order valence-corrected chi connectivity index (χ1v) is 26.3. The monoisotopic (exact) mass is 877 g/mol. The highest BCUT2D eigenvalue weighted by atomic mass is 16.5. The van der Waals surface area contributed by atoms with E-state index in [9.17, 15) is 14.4 Å². The fourth-order valence-corrected chi connectivity index (χ4v) is 7.53. The molecule has 0 aliphatic rings. The molecule has 0 bridgehead atoms. The van der Waals surface area contributed by atoms with Crippen LogP contribution >= 0.6 is 0 Å². The maximum absolute atomic E-state index is 12.8. The Kier molecular flexibility index (Phi) is 47.3. The van der Waals surface area contributed by atoms with Gasteiger partial charge in [-0.25, -0.2) is 0 Å². The summed E-state index contributed by atoms with van der Waals surface area (Å²) in [6.45, 7) is 21.8. The molecule has 0 saturated carbocycles. The highest BCUT2D eigenvalue weighted by Gasteiger charge is 2.20. The number of carbonyl (C=O) groups is 3. The van der Waals surface area contributed by atoms with Gasteiger partial charge in [0.15, 0.2) is 0 Å². The van der Waals surface area contributed by atoms with E-state index in [0.717, 1.165) is 94.5 Å². The minimum Gasteiger partial charge on any atom is -0.498 e. The molecule has 9 nitrogen and oxygen atoms in total. The van der Waals surface area contributed by atoms with E-state index in [-0.39, 0.29) is 43.3 Å². The van der Waals surface area contributed by atoms with Crippen LogP contribution in [0.2, 0.25) is 0 Å². The van der Waals surface area contributed by atoms with Crippen molar-refractivity contribution in [3.8, 4) is 0 Å². The molecule has 2 atom stereocenters. The van der Waals surface area contributed by atoms with Crippen LogP contribution in [-0.2, 0) is 23.9 Å². The lowest BCUT2D eigenvalue weighted by Crippen LogP contribution is -2.37. The zero-order valence-electron chi connectivity index (χ0n) is 42.1. The Morgan fingerprint density at radius 1 is 0.484 bits per heavy atom. The molecule has 0 aromatic rings. The number of hydrogen-bond acceptors (Lipinski definition) is 7. The summed E-state index contributed by atoms with van der Waals surface area (Å²) in [6.07, 6.45) is 36.6. The van der Waals surface area contributed by atoms with Crippen molar-refractivity contribution in [3.63, 3.8) is 0 Å². The van der Waals surface area contributed by atoms with Gasteiger partial charge in [-0.3, -0.25) is 14.4 Å². The number of unbranched alkanes of at least 4 members (excludes halogenated alkanes) is 21. The number of rotatable bonds is 44. The van der Waals surface area contributed by atoms with Crippen LogP contribution < -0.4 is 21.7 Å². The minimum atomic E-state index is -0.183. The Morgan fingerprint density at radius 2 is 0.903 bits per heavy atom.